The summed E-state index contributed by atoms with van der Waals surface area (Å²) >= 11 is 0. The Bertz CT molecular complexity index is 422. The zero-order valence-corrected chi connectivity index (χ0v) is 10.9. The predicted molar refractivity (Wildman–Crippen MR) is 71.9 cm³/mol. The molecule has 2 rings (SSSR count). The van der Waals surface area contributed by atoms with Crippen LogP contribution < -0.4 is 10.5 Å². The van der Waals surface area contributed by atoms with Gasteiger partial charge in [-0.2, -0.15) is 0 Å². The van der Waals surface area contributed by atoms with Gasteiger partial charge in [-0.15, -0.1) is 0 Å². The summed E-state index contributed by atoms with van der Waals surface area (Å²) in [6.45, 7) is 0.447. The van der Waals surface area contributed by atoms with Crippen molar-refractivity contribution in [1.82, 2.24) is 0 Å². The minimum atomic E-state index is -0.343. The predicted octanol–water partition coefficient (Wildman–Crippen LogP) is 2.79. The van der Waals surface area contributed by atoms with E-state index in [9.17, 15) is 4.79 Å². The van der Waals surface area contributed by atoms with Crippen molar-refractivity contribution >= 4 is 5.78 Å². The number of ether oxygens (including phenoxy) is 1. The molecular formula is C15H21NO2. The molecule has 3 nitrogen and oxygen atoms in total. The van der Waals surface area contributed by atoms with Crippen LogP contribution in [0, 0.1) is 5.41 Å². The van der Waals surface area contributed by atoms with E-state index in [2.05, 4.69) is 0 Å². The van der Waals surface area contributed by atoms with Gasteiger partial charge in [-0.1, -0.05) is 31.4 Å². The molecule has 18 heavy (non-hydrogen) atoms. The average molecular weight is 247 g/mol. The molecule has 0 saturated heterocycles. The maximum atomic E-state index is 12.7. The summed E-state index contributed by atoms with van der Waals surface area (Å²) in [5, 5.41) is 0. The number of Topliss-reactive ketones (excluding diaryl/α,β-unsaturated/α-hetero) is 1. The Morgan fingerprint density at radius 2 is 2.06 bits per heavy atom. The molecule has 0 aliphatic heterocycles. The largest absolute Gasteiger partial charge is 0.497 e. The number of nitrogens with two attached hydrogens (primary N) is 1. The van der Waals surface area contributed by atoms with Crippen LogP contribution in [0.25, 0.3) is 0 Å². The van der Waals surface area contributed by atoms with Gasteiger partial charge in [-0.05, 0) is 25.0 Å². The van der Waals surface area contributed by atoms with Gasteiger partial charge < -0.3 is 10.5 Å². The minimum Gasteiger partial charge on any atom is -0.497 e. The maximum Gasteiger partial charge on any atom is 0.170 e. The smallest absolute Gasteiger partial charge is 0.170 e. The number of benzene rings is 1. The minimum absolute atomic E-state index is 0.184. The molecule has 1 aromatic rings. The maximum absolute atomic E-state index is 12.7. The number of methoxy groups -OCH3 is 1. The number of rotatable bonds is 4. The molecule has 1 aromatic carbocycles. The lowest BCUT2D eigenvalue weighted by Gasteiger charge is -2.34. The highest BCUT2D eigenvalue weighted by molar-refractivity contribution is 6.01. The van der Waals surface area contributed by atoms with Gasteiger partial charge in [0.1, 0.15) is 5.75 Å². The number of hydrogen-bond acceptors (Lipinski definition) is 3. The first-order valence-corrected chi connectivity index (χ1v) is 6.61. The fourth-order valence-electron chi connectivity index (χ4n) is 2.82. The van der Waals surface area contributed by atoms with Crippen LogP contribution in [0.5, 0.6) is 5.75 Å². The van der Waals surface area contributed by atoms with Gasteiger partial charge in [0.15, 0.2) is 5.78 Å². The highest BCUT2D eigenvalue weighted by Gasteiger charge is 2.38. The zero-order chi connectivity index (χ0) is 13.0. The van der Waals surface area contributed by atoms with Gasteiger partial charge in [0.25, 0.3) is 0 Å². The van der Waals surface area contributed by atoms with Crippen molar-refractivity contribution in [2.75, 3.05) is 13.7 Å². The first-order chi connectivity index (χ1) is 8.72. The van der Waals surface area contributed by atoms with E-state index in [1.807, 2.05) is 24.3 Å². The van der Waals surface area contributed by atoms with Crippen LogP contribution in [0.2, 0.25) is 0 Å². The second-order valence-corrected chi connectivity index (χ2v) is 5.11. The molecule has 0 radical (unpaired) electrons. The van der Waals surface area contributed by atoms with Gasteiger partial charge in [-0.25, -0.2) is 0 Å². The second kappa shape index (κ2) is 5.53. The van der Waals surface area contributed by atoms with Crippen LogP contribution in [0.15, 0.2) is 24.3 Å². The van der Waals surface area contributed by atoms with Gasteiger partial charge in [-0.3, -0.25) is 4.79 Å². The Balaban J connectivity index is 2.27. The number of carbonyl (C=O) groups excluding carboxylic acids is 1. The first kappa shape index (κ1) is 13.1. The average Bonchev–Trinajstić information content (AvgIpc) is 2.47. The molecule has 98 valence electrons. The highest BCUT2D eigenvalue weighted by atomic mass is 16.5. The zero-order valence-electron chi connectivity index (χ0n) is 10.9. The molecular weight excluding hydrogens is 226 g/mol. The molecule has 0 spiro atoms. The molecule has 3 heteroatoms. The van der Waals surface area contributed by atoms with E-state index in [4.69, 9.17) is 10.5 Å². The molecule has 0 bridgehead atoms. The van der Waals surface area contributed by atoms with Crippen molar-refractivity contribution in [3.63, 3.8) is 0 Å². The third kappa shape index (κ3) is 2.41. The second-order valence-electron chi connectivity index (χ2n) is 5.11. The lowest BCUT2D eigenvalue weighted by molar-refractivity contribution is 0.0729. The Hall–Kier alpha value is -1.35. The summed E-state index contributed by atoms with van der Waals surface area (Å²) in [6, 6.07) is 7.39. The topological polar surface area (TPSA) is 52.3 Å². The van der Waals surface area contributed by atoms with Crippen molar-refractivity contribution in [2.24, 2.45) is 11.1 Å². The monoisotopic (exact) mass is 247 g/mol. The quantitative estimate of drug-likeness (QED) is 0.832. The van der Waals surface area contributed by atoms with Crippen LogP contribution in [-0.2, 0) is 0 Å². The normalized spacial score (nSPS) is 18.3. The molecule has 0 atom stereocenters. The molecule has 0 aromatic heterocycles. The van der Waals surface area contributed by atoms with E-state index in [0.717, 1.165) is 37.0 Å². The first-order valence-electron chi connectivity index (χ1n) is 6.61. The summed E-state index contributed by atoms with van der Waals surface area (Å²) in [6.07, 6.45) is 5.26. The molecule has 0 unspecified atom stereocenters. The third-order valence-electron chi connectivity index (χ3n) is 4.01. The Labute approximate surface area is 108 Å². The van der Waals surface area contributed by atoms with Crippen molar-refractivity contribution in [3.8, 4) is 5.75 Å². The Kier molecular flexibility index (Phi) is 4.02. The molecule has 0 amide bonds. The molecule has 1 saturated carbocycles. The molecule has 1 aliphatic rings. The van der Waals surface area contributed by atoms with Crippen LogP contribution in [0.3, 0.4) is 0 Å². The Morgan fingerprint density at radius 3 is 2.67 bits per heavy atom. The van der Waals surface area contributed by atoms with Crippen LogP contribution in [0.4, 0.5) is 0 Å². The third-order valence-corrected chi connectivity index (χ3v) is 4.01. The van der Waals surface area contributed by atoms with Gasteiger partial charge in [0, 0.05) is 17.5 Å². The van der Waals surface area contributed by atoms with Crippen molar-refractivity contribution in [1.29, 1.82) is 0 Å². The standard InChI is InChI=1S/C15H21NO2/c1-18-13-7-5-6-12(10-13)14(17)15(11-16)8-3-2-4-9-15/h5-7,10H,2-4,8-9,11,16H2,1H3. The number of hydrogen-bond donors (Lipinski definition) is 1. The van der Waals surface area contributed by atoms with E-state index in [1.54, 1.807) is 7.11 Å². The summed E-state index contributed by atoms with van der Waals surface area (Å²) in [7, 11) is 1.61. The summed E-state index contributed by atoms with van der Waals surface area (Å²) in [5.41, 5.74) is 6.28. The lowest BCUT2D eigenvalue weighted by Crippen LogP contribution is -2.40. The SMILES string of the molecule is COc1cccc(C(=O)C2(CN)CCCCC2)c1. The molecule has 0 heterocycles. The summed E-state index contributed by atoms with van der Waals surface area (Å²) in [5.74, 6) is 0.910. The molecule has 1 aliphatic carbocycles. The van der Waals surface area contributed by atoms with E-state index < -0.39 is 0 Å². The van der Waals surface area contributed by atoms with Crippen molar-refractivity contribution in [2.45, 2.75) is 32.1 Å². The summed E-state index contributed by atoms with van der Waals surface area (Å²) in [4.78, 5) is 12.7. The van der Waals surface area contributed by atoms with Crippen LogP contribution in [0.1, 0.15) is 42.5 Å². The molecule has 2 N–H and O–H groups in total. The fraction of sp³-hybridized carbons (Fsp3) is 0.533. The fourth-order valence-corrected chi connectivity index (χ4v) is 2.82. The highest BCUT2D eigenvalue weighted by Crippen LogP contribution is 2.38. The van der Waals surface area contributed by atoms with Crippen molar-refractivity contribution in [3.05, 3.63) is 29.8 Å². The van der Waals surface area contributed by atoms with Gasteiger partial charge in [0.2, 0.25) is 0 Å². The van der Waals surface area contributed by atoms with Crippen LogP contribution in [-0.4, -0.2) is 19.4 Å². The van der Waals surface area contributed by atoms with Gasteiger partial charge >= 0.3 is 0 Å². The molecule has 1 fully saturated rings. The van der Waals surface area contributed by atoms with Gasteiger partial charge in [0.05, 0.1) is 7.11 Å². The van der Waals surface area contributed by atoms with E-state index in [-0.39, 0.29) is 11.2 Å². The number of ketones is 1. The van der Waals surface area contributed by atoms with Crippen molar-refractivity contribution < 1.29 is 9.53 Å². The Morgan fingerprint density at radius 1 is 1.33 bits per heavy atom. The van der Waals surface area contributed by atoms with E-state index >= 15 is 0 Å². The van der Waals surface area contributed by atoms with E-state index in [1.165, 1.54) is 6.42 Å². The summed E-state index contributed by atoms with van der Waals surface area (Å²) < 4.78 is 5.18. The lowest BCUT2D eigenvalue weighted by atomic mass is 9.69. The van der Waals surface area contributed by atoms with Crippen LogP contribution >= 0.6 is 0 Å². The number of carbonyl (C=O) groups is 1. The van der Waals surface area contributed by atoms with E-state index in [0.29, 0.717) is 6.54 Å².